The number of carbonyl (C=O) groups excluding carboxylic acids is 1. The number of halogens is 2. The quantitative estimate of drug-likeness (QED) is 0.877. The van der Waals surface area contributed by atoms with Crippen LogP contribution >= 0.6 is 24.8 Å². The van der Waals surface area contributed by atoms with Gasteiger partial charge < -0.3 is 11.1 Å². The molecule has 6 heteroatoms. The molecule has 3 N–H and O–H groups in total. The van der Waals surface area contributed by atoms with E-state index in [2.05, 4.69) is 10.3 Å². The van der Waals surface area contributed by atoms with Crippen LogP contribution < -0.4 is 11.1 Å². The number of carbonyl (C=O) groups is 1. The van der Waals surface area contributed by atoms with E-state index < -0.39 is 0 Å². The Morgan fingerprint density at radius 1 is 1.14 bits per heavy atom. The molecule has 2 aromatic rings. The van der Waals surface area contributed by atoms with Crippen molar-refractivity contribution in [2.24, 2.45) is 5.73 Å². The second-order valence-corrected chi connectivity index (χ2v) is 4.77. The predicted octanol–water partition coefficient (Wildman–Crippen LogP) is 3.19. The molecule has 4 nitrogen and oxygen atoms in total. The van der Waals surface area contributed by atoms with Crippen LogP contribution in [0.25, 0.3) is 0 Å². The van der Waals surface area contributed by atoms with Crippen LogP contribution in [0.15, 0.2) is 54.7 Å². The van der Waals surface area contributed by atoms with Gasteiger partial charge in [-0.25, -0.2) is 0 Å². The molecule has 2 atom stereocenters. The summed E-state index contributed by atoms with van der Waals surface area (Å²) in [7, 11) is 0. The van der Waals surface area contributed by atoms with Gasteiger partial charge >= 0.3 is 0 Å². The van der Waals surface area contributed by atoms with Crippen molar-refractivity contribution in [2.45, 2.75) is 25.4 Å². The molecule has 0 spiro atoms. The fourth-order valence-electron chi connectivity index (χ4n) is 2.02. The smallest absolute Gasteiger partial charge is 0.222 e. The maximum Gasteiger partial charge on any atom is 0.222 e. The highest BCUT2D eigenvalue weighted by molar-refractivity contribution is 5.85. The van der Waals surface area contributed by atoms with Gasteiger partial charge in [-0.15, -0.1) is 24.8 Å². The highest BCUT2D eigenvalue weighted by Crippen LogP contribution is 2.14. The maximum absolute atomic E-state index is 12.0. The van der Waals surface area contributed by atoms with Crippen LogP contribution in [0.2, 0.25) is 0 Å². The molecule has 0 aliphatic heterocycles. The van der Waals surface area contributed by atoms with Crippen molar-refractivity contribution in [1.29, 1.82) is 0 Å². The van der Waals surface area contributed by atoms with Gasteiger partial charge in [-0.3, -0.25) is 9.78 Å². The topological polar surface area (TPSA) is 68.0 Å². The summed E-state index contributed by atoms with van der Waals surface area (Å²) in [6, 6.07) is 14.9. The zero-order valence-electron chi connectivity index (χ0n) is 12.3. The lowest BCUT2D eigenvalue weighted by atomic mass is 10.0. The van der Waals surface area contributed by atoms with Crippen LogP contribution in [0, 0.1) is 0 Å². The molecule has 1 heterocycles. The number of hydrogen-bond donors (Lipinski definition) is 2. The third kappa shape index (κ3) is 6.02. The van der Waals surface area contributed by atoms with Gasteiger partial charge in [0.05, 0.1) is 11.7 Å². The second-order valence-electron chi connectivity index (χ2n) is 4.77. The van der Waals surface area contributed by atoms with E-state index in [1.165, 1.54) is 0 Å². The molecule has 0 aliphatic carbocycles. The van der Waals surface area contributed by atoms with Gasteiger partial charge in [-0.1, -0.05) is 36.4 Å². The van der Waals surface area contributed by atoms with Crippen molar-refractivity contribution in [3.8, 4) is 0 Å². The molecule has 120 valence electrons. The minimum atomic E-state index is -0.285. The molecular weight excluding hydrogens is 321 g/mol. The second kappa shape index (κ2) is 10.2. The van der Waals surface area contributed by atoms with Crippen molar-refractivity contribution in [3.05, 3.63) is 66.0 Å². The fourth-order valence-corrected chi connectivity index (χ4v) is 2.02. The van der Waals surface area contributed by atoms with Crippen LogP contribution in [0.4, 0.5) is 0 Å². The van der Waals surface area contributed by atoms with Crippen LogP contribution in [0.3, 0.4) is 0 Å². The molecular formula is C16H21Cl2N3O. The van der Waals surface area contributed by atoms with E-state index in [9.17, 15) is 4.79 Å². The number of aromatic nitrogens is 1. The van der Waals surface area contributed by atoms with Crippen molar-refractivity contribution in [3.63, 3.8) is 0 Å². The minimum absolute atomic E-state index is 0. The molecule has 0 saturated heterocycles. The predicted molar refractivity (Wildman–Crippen MR) is 93.3 cm³/mol. The summed E-state index contributed by atoms with van der Waals surface area (Å²) < 4.78 is 0. The Bertz CT molecular complexity index is 502. The van der Waals surface area contributed by atoms with Crippen molar-refractivity contribution < 1.29 is 4.79 Å². The van der Waals surface area contributed by atoms with Crippen LogP contribution in [-0.2, 0) is 4.79 Å². The summed E-state index contributed by atoms with van der Waals surface area (Å²) in [5.41, 5.74) is 7.84. The third-order valence-corrected chi connectivity index (χ3v) is 3.14. The molecule has 22 heavy (non-hydrogen) atoms. The summed E-state index contributed by atoms with van der Waals surface area (Å²) in [6.07, 6.45) is 1.98. The summed E-state index contributed by atoms with van der Waals surface area (Å²) in [5, 5.41) is 2.92. The minimum Gasteiger partial charge on any atom is -0.348 e. The molecule has 0 bridgehead atoms. The third-order valence-electron chi connectivity index (χ3n) is 3.14. The number of benzene rings is 1. The Morgan fingerprint density at radius 2 is 1.77 bits per heavy atom. The van der Waals surface area contributed by atoms with Gasteiger partial charge in [0, 0.05) is 18.7 Å². The molecule has 0 radical (unpaired) electrons. The first-order valence-electron chi connectivity index (χ1n) is 6.67. The number of nitrogens with zero attached hydrogens (tertiary/aromatic N) is 1. The Hall–Kier alpha value is -1.62. The Balaban J connectivity index is 0.00000220. The number of nitrogens with one attached hydrogen (secondary N) is 1. The van der Waals surface area contributed by atoms with Gasteiger partial charge in [0.1, 0.15) is 0 Å². The highest BCUT2D eigenvalue weighted by atomic mass is 35.5. The largest absolute Gasteiger partial charge is 0.348 e. The van der Waals surface area contributed by atoms with E-state index in [4.69, 9.17) is 5.73 Å². The lowest BCUT2D eigenvalue weighted by Gasteiger charge is -2.16. The summed E-state index contributed by atoms with van der Waals surface area (Å²) in [5.74, 6) is -0.0699. The SMILES string of the molecule is CC(NC(=O)CC(N)c1ccccc1)c1ccccn1.Cl.Cl. The highest BCUT2D eigenvalue weighted by Gasteiger charge is 2.14. The maximum atomic E-state index is 12.0. The molecule has 1 aromatic carbocycles. The standard InChI is InChI=1S/C16H19N3O.2ClH/c1-12(15-9-5-6-10-18-15)19-16(20)11-14(17)13-7-3-2-4-8-13;;/h2-10,12,14H,11,17H2,1H3,(H,19,20);2*1H. The number of amides is 1. The zero-order valence-corrected chi connectivity index (χ0v) is 13.9. The summed E-state index contributed by atoms with van der Waals surface area (Å²) >= 11 is 0. The summed E-state index contributed by atoms with van der Waals surface area (Å²) in [4.78, 5) is 16.2. The van der Waals surface area contributed by atoms with E-state index in [-0.39, 0.29) is 49.2 Å². The molecule has 2 rings (SSSR count). The normalized spacial score (nSPS) is 12.3. The number of rotatable bonds is 5. The van der Waals surface area contributed by atoms with Crippen molar-refractivity contribution in [2.75, 3.05) is 0 Å². The molecule has 1 aromatic heterocycles. The first kappa shape index (κ1) is 20.4. The Kier molecular flexibility index (Phi) is 9.42. The van der Waals surface area contributed by atoms with Crippen LogP contribution in [-0.4, -0.2) is 10.9 Å². The van der Waals surface area contributed by atoms with Crippen LogP contribution in [0.1, 0.15) is 36.7 Å². The molecule has 1 amide bonds. The van der Waals surface area contributed by atoms with E-state index >= 15 is 0 Å². The van der Waals surface area contributed by atoms with Crippen molar-refractivity contribution >= 4 is 30.7 Å². The van der Waals surface area contributed by atoms with Gasteiger partial charge in [0.2, 0.25) is 5.91 Å². The van der Waals surface area contributed by atoms with E-state index in [0.29, 0.717) is 0 Å². The average molecular weight is 342 g/mol. The monoisotopic (exact) mass is 341 g/mol. The number of hydrogen-bond acceptors (Lipinski definition) is 3. The fraction of sp³-hybridized carbons (Fsp3) is 0.250. The van der Waals surface area contributed by atoms with E-state index in [0.717, 1.165) is 11.3 Å². The lowest BCUT2D eigenvalue weighted by molar-refractivity contribution is -0.122. The Morgan fingerprint density at radius 3 is 2.36 bits per heavy atom. The summed E-state index contributed by atoms with van der Waals surface area (Å²) in [6.45, 7) is 1.91. The molecule has 0 saturated carbocycles. The number of pyridine rings is 1. The number of nitrogens with two attached hydrogens (primary N) is 1. The molecule has 0 fully saturated rings. The van der Waals surface area contributed by atoms with Gasteiger partial charge in [-0.05, 0) is 24.6 Å². The van der Waals surface area contributed by atoms with Gasteiger partial charge in [0.25, 0.3) is 0 Å². The molecule has 2 unspecified atom stereocenters. The lowest BCUT2D eigenvalue weighted by Crippen LogP contribution is -2.30. The van der Waals surface area contributed by atoms with Crippen molar-refractivity contribution in [1.82, 2.24) is 10.3 Å². The average Bonchev–Trinajstić information content (AvgIpc) is 2.49. The first-order chi connectivity index (χ1) is 9.66. The molecule has 0 aliphatic rings. The van der Waals surface area contributed by atoms with Gasteiger partial charge in [0.15, 0.2) is 0 Å². The van der Waals surface area contributed by atoms with E-state index in [1.807, 2.05) is 55.5 Å². The Labute approximate surface area is 143 Å². The van der Waals surface area contributed by atoms with Gasteiger partial charge in [-0.2, -0.15) is 0 Å². The zero-order chi connectivity index (χ0) is 14.4. The van der Waals surface area contributed by atoms with E-state index in [1.54, 1.807) is 6.20 Å². The van der Waals surface area contributed by atoms with Crippen LogP contribution in [0.5, 0.6) is 0 Å². The first-order valence-corrected chi connectivity index (χ1v) is 6.67.